The number of unbranched alkanes of at least 4 members (excludes halogenated alkanes) is 1. The highest BCUT2D eigenvalue weighted by Gasteiger charge is 2.50. The molecule has 3 aromatic rings. The summed E-state index contributed by atoms with van der Waals surface area (Å²) >= 11 is 0. The number of rotatable bonds is 12. The highest BCUT2D eigenvalue weighted by molar-refractivity contribution is 6.99. The van der Waals surface area contributed by atoms with Crippen LogP contribution in [0.25, 0.3) is 0 Å². The third-order valence-electron chi connectivity index (χ3n) is 6.22. The number of benzene rings is 3. The highest BCUT2D eigenvalue weighted by atomic mass is 28.4. The number of hydrogen-bond donors (Lipinski definition) is 0. The van der Waals surface area contributed by atoms with E-state index in [9.17, 15) is 0 Å². The molecular formula is C32H40O2Si. The largest absolute Gasteiger partial charge is 0.404 e. The van der Waals surface area contributed by atoms with Crippen LogP contribution < -0.4 is 10.4 Å². The average molecular weight is 485 g/mol. The second-order valence-electron chi connectivity index (χ2n) is 9.91. The molecule has 1 atom stereocenters. The third kappa shape index (κ3) is 7.38. The average Bonchev–Trinajstić information content (AvgIpc) is 2.88. The van der Waals surface area contributed by atoms with E-state index in [0.29, 0.717) is 13.2 Å². The molecule has 0 amide bonds. The van der Waals surface area contributed by atoms with Crippen LogP contribution in [0.5, 0.6) is 0 Å². The van der Waals surface area contributed by atoms with E-state index in [4.69, 9.17) is 9.16 Å². The van der Waals surface area contributed by atoms with Gasteiger partial charge in [0.05, 0.1) is 19.3 Å². The Balaban J connectivity index is 1.92. The summed E-state index contributed by atoms with van der Waals surface area (Å²) in [6.07, 6.45) is 10.6. The molecular weight excluding hydrogens is 444 g/mol. The van der Waals surface area contributed by atoms with E-state index in [1.165, 1.54) is 10.4 Å². The lowest BCUT2D eigenvalue weighted by atomic mass is 10.2. The van der Waals surface area contributed by atoms with Crippen LogP contribution in [0.1, 0.15) is 46.1 Å². The molecule has 0 N–H and O–H groups in total. The Morgan fingerprint density at radius 3 is 1.83 bits per heavy atom. The van der Waals surface area contributed by atoms with Gasteiger partial charge in [-0.2, -0.15) is 0 Å². The zero-order valence-corrected chi connectivity index (χ0v) is 22.7. The fraction of sp³-hybridized carbons (Fsp3) is 0.312. The fourth-order valence-electron chi connectivity index (χ4n) is 4.43. The predicted octanol–water partition coefficient (Wildman–Crippen LogP) is 7.06. The minimum Gasteiger partial charge on any atom is -0.404 e. The van der Waals surface area contributed by atoms with Crippen molar-refractivity contribution < 1.29 is 9.16 Å². The molecule has 0 spiro atoms. The minimum absolute atomic E-state index is 0.0650. The van der Waals surface area contributed by atoms with Crippen LogP contribution in [-0.4, -0.2) is 21.0 Å². The van der Waals surface area contributed by atoms with Gasteiger partial charge < -0.3 is 9.16 Å². The van der Waals surface area contributed by atoms with Crippen LogP contribution in [-0.2, 0) is 15.8 Å². The molecule has 3 rings (SSSR count). The van der Waals surface area contributed by atoms with Crippen LogP contribution in [0.15, 0.2) is 115 Å². The normalized spacial score (nSPS) is 13.5. The molecule has 3 aromatic carbocycles. The lowest BCUT2D eigenvalue weighted by Gasteiger charge is -2.43. The standard InChI is InChI=1S/C32H40O2Si/c1-5-6-7-8-14-21-29(33-26-28-19-12-9-13-20-28)27-34-35(32(2,3)4,30-22-15-10-16-23-30)31-24-17-11-18-25-31/h7-25,29H,5-6,26-27H2,1-4H3/b8-7+,21-14+. The first-order valence-corrected chi connectivity index (χ1v) is 14.6. The van der Waals surface area contributed by atoms with E-state index in [1.54, 1.807) is 0 Å². The van der Waals surface area contributed by atoms with Gasteiger partial charge in [-0.3, -0.25) is 0 Å². The van der Waals surface area contributed by atoms with Crippen molar-refractivity contribution >= 4 is 18.7 Å². The summed E-state index contributed by atoms with van der Waals surface area (Å²) in [6.45, 7) is 10.2. The minimum atomic E-state index is -2.61. The smallest absolute Gasteiger partial charge is 0.261 e. The Bertz CT molecular complexity index is 998. The van der Waals surface area contributed by atoms with Crippen molar-refractivity contribution in [1.82, 2.24) is 0 Å². The molecule has 184 valence electrons. The van der Waals surface area contributed by atoms with Gasteiger partial charge in [0.15, 0.2) is 0 Å². The van der Waals surface area contributed by atoms with Gasteiger partial charge >= 0.3 is 0 Å². The maximum absolute atomic E-state index is 7.13. The summed E-state index contributed by atoms with van der Waals surface area (Å²) in [7, 11) is -2.61. The first-order valence-electron chi connectivity index (χ1n) is 12.7. The molecule has 0 aliphatic rings. The van der Waals surface area contributed by atoms with Crippen LogP contribution in [0.3, 0.4) is 0 Å². The SMILES string of the molecule is CCC/C=C/C=C/C(CO[Si](c1ccccc1)(c1ccccc1)C(C)(C)C)OCc1ccccc1. The van der Waals surface area contributed by atoms with Crippen LogP contribution >= 0.6 is 0 Å². The van der Waals surface area contributed by atoms with Crippen molar-refractivity contribution in [3.05, 3.63) is 121 Å². The van der Waals surface area contributed by atoms with Gasteiger partial charge in [-0.05, 0) is 27.4 Å². The summed E-state index contributed by atoms with van der Waals surface area (Å²) in [5.41, 5.74) is 1.16. The van der Waals surface area contributed by atoms with E-state index in [2.05, 4.69) is 137 Å². The van der Waals surface area contributed by atoms with Gasteiger partial charge in [0.1, 0.15) is 0 Å². The monoisotopic (exact) mass is 484 g/mol. The second kappa shape index (κ2) is 13.4. The van der Waals surface area contributed by atoms with Crippen molar-refractivity contribution in [2.75, 3.05) is 6.61 Å². The first-order chi connectivity index (χ1) is 17.0. The van der Waals surface area contributed by atoms with Crippen LogP contribution in [0.2, 0.25) is 5.04 Å². The van der Waals surface area contributed by atoms with E-state index in [-0.39, 0.29) is 11.1 Å². The van der Waals surface area contributed by atoms with Crippen molar-refractivity contribution in [2.45, 2.75) is 58.3 Å². The molecule has 0 heterocycles. The molecule has 0 saturated carbocycles. The maximum Gasteiger partial charge on any atom is 0.261 e. The molecule has 0 aliphatic heterocycles. The van der Waals surface area contributed by atoms with Gasteiger partial charge in [-0.1, -0.05) is 149 Å². The molecule has 0 radical (unpaired) electrons. The Kier molecular flexibility index (Phi) is 10.3. The zero-order chi connectivity index (χ0) is 25.0. The lowest BCUT2D eigenvalue weighted by molar-refractivity contribution is 0.0366. The van der Waals surface area contributed by atoms with Crippen LogP contribution in [0.4, 0.5) is 0 Å². The van der Waals surface area contributed by atoms with Gasteiger partial charge in [-0.25, -0.2) is 0 Å². The summed E-state index contributed by atoms with van der Waals surface area (Å²) in [5, 5.41) is 2.50. The number of allylic oxidation sites excluding steroid dienone is 3. The molecule has 0 aromatic heterocycles. The molecule has 0 aliphatic carbocycles. The maximum atomic E-state index is 7.13. The summed E-state index contributed by atoms with van der Waals surface area (Å²) in [5.74, 6) is 0. The Hall–Kier alpha value is -2.72. The van der Waals surface area contributed by atoms with Crippen molar-refractivity contribution in [1.29, 1.82) is 0 Å². The van der Waals surface area contributed by atoms with Gasteiger partial charge in [0.25, 0.3) is 8.32 Å². The third-order valence-corrected chi connectivity index (χ3v) is 11.2. The Morgan fingerprint density at radius 1 is 0.771 bits per heavy atom. The topological polar surface area (TPSA) is 18.5 Å². The van der Waals surface area contributed by atoms with E-state index >= 15 is 0 Å². The van der Waals surface area contributed by atoms with Gasteiger partial charge in [-0.15, -0.1) is 0 Å². The molecule has 1 unspecified atom stereocenters. The van der Waals surface area contributed by atoms with Gasteiger partial charge in [0.2, 0.25) is 0 Å². The molecule has 0 fully saturated rings. The number of hydrogen-bond acceptors (Lipinski definition) is 2. The van der Waals surface area contributed by atoms with E-state index in [1.807, 2.05) is 6.07 Å². The van der Waals surface area contributed by atoms with Gasteiger partial charge in [0, 0.05) is 0 Å². The number of ether oxygens (including phenoxy) is 1. The summed E-state index contributed by atoms with van der Waals surface area (Å²) < 4.78 is 13.5. The quantitative estimate of drug-likeness (QED) is 0.202. The Labute approximate surface area is 213 Å². The van der Waals surface area contributed by atoms with Crippen molar-refractivity contribution in [3.8, 4) is 0 Å². The van der Waals surface area contributed by atoms with Crippen molar-refractivity contribution in [2.24, 2.45) is 0 Å². The van der Waals surface area contributed by atoms with E-state index < -0.39 is 8.32 Å². The predicted molar refractivity (Wildman–Crippen MR) is 152 cm³/mol. The molecule has 0 bridgehead atoms. The van der Waals surface area contributed by atoms with Crippen LogP contribution in [0, 0.1) is 0 Å². The second-order valence-corrected chi connectivity index (χ2v) is 14.2. The molecule has 3 heteroatoms. The fourth-order valence-corrected chi connectivity index (χ4v) is 9.00. The van der Waals surface area contributed by atoms with Crippen molar-refractivity contribution in [3.63, 3.8) is 0 Å². The lowest BCUT2D eigenvalue weighted by Crippen LogP contribution is -2.67. The Morgan fingerprint density at radius 2 is 1.31 bits per heavy atom. The van der Waals surface area contributed by atoms with E-state index in [0.717, 1.165) is 18.4 Å². The summed E-state index contributed by atoms with van der Waals surface area (Å²) in [4.78, 5) is 0. The molecule has 0 saturated heterocycles. The molecule has 35 heavy (non-hydrogen) atoms. The molecule has 2 nitrogen and oxygen atoms in total. The summed E-state index contributed by atoms with van der Waals surface area (Å²) in [6, 6.07) is 31.9. The zero-order valence-electron chi connectivity index (χ0n) is 21.7. The first kappa shape index (κ1) is 26.9. The highest BCUT2D eigenvalue weighted by Crippen LogP contribution is 2.37.